The molecule has 0 aromatic heterocycles. The number of ether oxygens (including phenoxy) is 2. The van der Waals surface area contributed by atoms with Gasteiger partial charge in [-0.05, 0) is 35.8 Å². The molecule has 23 heavy (non-hydrogen) atoms. The Morgan fingerprint density at radius 3 is 2.43 bits per heavy atom. The molecule has 0 fully saturated rings. The van der Waals surface area contributed by atoms with Gasteiger partial charge >= 0.3 is 5.97 Å². The molecule has 5 heteroatoms. The van der Waals surface area contributed by atoms with Crippen molar-refractivity contribution < 1.29 is 19.1 Å². The van der Waals surface area contributed by atoms with Crippen LogP contribution in [0.2, 0.25) is 0 Å². The summed E-state index contributed by atoms with van der Waals surface area (Å²) in [5, 5.41) is 3.95. The zero-order chi connectivity index (χ0) is 16.5. The van der Waals surface area contributed by atoms with Crippen LogP contribution in [0.3, 0.4) is 0 Å². The van der Waals surface area contributed by atoms with Crippen LogP contribution < -0.4 is 4.74 Å². The fourth-order valence-electron chi connectivity index (χ4n) is 2.06. The number of hydrogen-bond donors (Lipinski definition) is 0. The fraction of sp³-hybridized carbons (Fsp3) is 0.222. The Bertz CT molecular complexity index is 668. The molecular formula is C18H19NO4. The molecule has 0 saturated carbocycles. The summed E-state index contributed by atoms with van der Waals surface area (Å²) in [4.78, 5) is 16.7. The second kappa shape index (κ2) is 8.58. The molecule has 0 aliphatic carbocycles. The number of carbonyl (C=O) groups is 1. The molecule has 0 N–H and O–H groups in total. The first-order valence-corrected chi connectivity index (χ1v) is 7.32. The summed E-state index contributed by atoms with van der Waals surface area (Å²) in [6, 6.07) is 16.6. The highest BCUT2D eigenvalue weighted by Crippen LogP contribution is 2.16. The van der Waals surface area contributed by atoms with Crippen molar-refractivity contribution in [3.8, 4) is 5.75 Å². The van der Waals surface area contributed by atoms with Gasteiger partial charge in [0.15, 0.2) is 0 Å². The van der Waals surface area contributed by atoms with Crippen molar-refractivity contribution in [1.82, 2.24) is 0 Å². The van der Waals surface area contributed by atoms with Gasteiger partial charge in [0, 0.05) is 5.56 Å². The van der Waals surface area contributed by atoms with E-state index in [1.54, 1.807) is 6.92 Å². The van der Waals surface area contributed by atoms with Gasteiger partial charge in [-0.2, -0.15) is 0 Å². The number of benzene rings is 2. The molecule has 2 aromatic rings. The van der Waals surface area contributed by atoms with Crippen molar-refractivity contribution >= 4 is 11.9 Å². The van der Waals surface area contributed by atoms with E-state index in [0.717, 1.165) is 5.56 Å². The quantitative estimate of drug-likeness (QED) is 0.356. The highest BCUT2D eigenvalue weighted by Gasteiger charge is 2.15. The summed E-state index contributed by atoms with van der Waals surface area (Å²) in [6.45, 7) is 2.13. The number of para-hydroxylation sites is 1. The van der Waals surface area contributed by atoms with Gasteiger partial charge in [-0.15, -0.1) is 0 Å². The van der Waals surface area contributed by atoms with E-state index < -0.39 is 0 Å². The lowest BCUT2D eigenvalue weighted by Gasteiger charge is -2.12. The average molecular weight is 313 g/mol. The van der Waals surface area contributed by atoms with Crippen LogP contribution >= 0.6 is 0 Å². The molecule has 0 spiro atoms. The molecule has 2 rings (SSSR count). The number of nitrogens with zero attached hydrogens (tertiary/aromatic N) is 1. The summed E-state index contributed by atoms with van der Waals surface area (Å²) in [7, 11) is 1.45. The van der Waals surface area contributed by atoms with E-state index in [0.29, 0.717) is 23.8 Å². The Kier molecular flexibility index (Phi) is 6.17. The first-order valence-electron chi connectivity index (χ1n) is 7.32. The first-order chi connectivity index (χ1) is 11.2. The van der Waals surface area contributed by atoms with Crippen LogP contribution in [0.1, 0.15) is 18.1 Å². The Morgan fingerprint density at radius 1 is 1.04 bits per heavy atom. The van der Waals surface area contributed by atoms with Gasteiger partial charge in [-0.25, -0.2) is 0 Å². The molecule has 0 heterocycles. The van der Waals surface area contributed by atoms with E-state index >= 15 is 0 Å². The average Bonchev–Trinajstić information content (AvgIpc) is 2.56. The third kappa shape index (κ3) is 4.85. The zero-order valence-corrected chi connectivity index (χ0v) is 13.2. The van der Waals surface area contributed by atoms with E-state index in [-0.39, 0.29) is 12.4 Å². The maximum atomic E-state index is 11.8. The van der Waals surface area contributed by atoms with Gasteiger partial charge in [0.1, 0.15) is 12.9 Å². The smallest absolute Gasteiger partial charge is 0.310 e. The van der Waals surface area contributed by atoms with Crippen molar-refractivity contribution in [3.63, 3.8) is 0 Å². The summed E-state index contributed by atoms with van der Waals surface area (Å²) in [5.74, 6) is 0.629. The number of oxime groups is 1. The molecule has 120 valence electrons. The Hall–Kier alpha value is -2.82. The van der Waals surface area contributed by atoms with Crippen molar-refractivity contribution in [2.45, 2.75) is 13.3 Å². The van der Waals surface area contributed by atoms with Gasteiger partial charge in [0.25, 0.3) is 5.90 Å². The van der Waals surface area contributed by atoms with Gasteiger partial charge < -0.3 is 14.3 Å². The molecule has 0 aliphatic rings. The number of esters is 1. The fourth-order valence-corrected chi connectivity index (χ4v) is 2.06. The van der Waals surface area contributed by atoms with Gasteiger partial charge in [-0.3, -0.25) is 4.79 Å². The highest BCUT2D eigenvalue weighted by molar-refractivity contribution is 5.97. The van der Waals surface area contributed by atoms with Gasteiger partial charge in [-0.1, -0.05) is 36.4 Å². The summed E-state index contributed by atoms with van der Waals surface area (Å²) in [6.07, 6.45) is 0.144. The van der Waals surface area contributed by atoms with E-state index in [4.69, 9.17) is 14.3 Å². The SMILES string of the molecule is CCOC(=O)Cc1ccccc1/C(=N\OC)Oc1ccccc1. The van der Waals surface area contributed by atoms with Gasteiger partial charge in [0.2, 0.25) is 0 Å². The minimum Gasteiger partial charge on any atom is -0.466 e. The minimum atomic E-state index is -0.295. The Morgan fingerprint density at radius 2 is 1.74 bits per heavy atom. The molecule has 0 aliphatic heterocycles. The standard InChI is InChI=1S/C18H19NO4/c1-3-22-17(20)13-14-9-7-8-12-16(14)18(19-21-2)23-15-10-5-4-6-11-15/h4-12H,3,13H2,1-2H3/b19-18+. The molecular weight excluding hydrogens is 294 g/mol. The Labute approximate surface area is 135 Å². The third-order valence-electron chi connectivity index (χ3n) is 3.02. The third-order valence-corrected chi connectivity index (χ3v) is 3.02. The number of rotatable bonds is 6. The molecule has 0 amide bonds. The van der Waals surface area contributed by atoms with Gasteiger partial charge in [0.05, 0.1) is 13.0 Å². The lowest BCUT2D eigenvalue weighted by molar-refractivity contribution is -0.142. The van der Waals surface area contributed by atoms with Crippen LogP contribution in [0.15, 0.2) is 59.8 Å². The molecule has 0 bridgehead atoms. The number of hydrogen-bond acceptors (Lipinski definition) is 5. The van der Waals surface area contributed by atoms with Crippen molar-refractivity contribution in [1.29, 1.82) is 0 Å². The highest BCUT2D eigenvalue weighted by atomic mass is 16.6. The van der Waals surface area contributed by atoms with Crippen molar-refractivity contribution in [2.75, 3.05) is 13.7 Å². The van der Waals surface area contributed by atoms with Crippen molar-refractivity contribution in [3.05, 3.63) is 65.7 Å². The van der Waals surface area contributed by atoms with Crippen LogP contribution in [0, 0.1) is 0 Å². The second-order valence-electron chi connectivity index (χ2n) is 4.63. The predicted molar refractivity (Wildman–Crippen MR) is 87.4 cm³/mol. The summed E-state index contributed by atoms with van der Waals surface area (Å²) < 4.78 is 10.8. The second-order valence-corrected chi connectivity index (χ2v) is 4.63. The molecule has 0 atom stereocenters. The predicted octanol–water partition coefficient (Wildman–Crippen LogP) is 3.18. The molecule has 5 nitrogen and oxygen atoms in total. The van der Waals surface area contributed by atoms with Crippen LogP contribution in [0.25, 0.3) is 0 Å². The largest absolute Gasteiger partial charge is 0.466 e. The van der Waals surface area contributed by atoms with Crippen LogP contribution in [-0.2, 0) is 20.8 Å². The summed E-state index contributed by atoms with van der Waals surface area (Å²) >= 11 is 0. The van der Waals surface area contributed by atoms with E-state index in [9.17, 15) is 4.79 Å². The summed E-state index contributed by atoms with van der Waals surface area (Å²) in [5.41, 5.74) is 1.45. The van der Waals surface area contributed by atoms with Crippen molar-refractivity contribution in [2.24, 2.45) is 5.16 Å². The van der Waals surface area contributed by atoms with Crippen LogP contribution in [-0.4, -0.2) is 25.6 Å². The zero-order valence-electron chi connectivity index (χ0n) is 13.2. The Balaban J connectivity index is 2.29. The van der Waals surface area contributed by atoms with Crippen LogP contribution in [0.4, 0.5) is 0 Å². The first kappa shape index (κ1) is 16.5. The maximum Gasteiger partial charge on any atom is 0.310 e. The lowest BCUT2D eigenvalue weighted by Crippen LogP contribution is -2.16. The molecule has 2 aromatic carbocycles. The normalized spacial score (nSPS) is 11.0. The van der Waals surface area contributed by atoms with E-state index in [1.807, 2.05) is 54.6 Å². The van der Waals surface area contributed by atoms with E-state index in [1.165, 1.54) is 7.11 Å². The number of carbonyl (C=O) groups excluding carboxylic acids is 1. The molecule has 0 radical (unpaired) electrons. The van der Waals surface area contributed by atoms with E-state index in [2.05, 4.69) is 5.16 Å². The molecule has 0 saturated heterocycles. The minimum absolute atomic E-state index is 0.144. The maximum absolute atomic E-state index is 11.8. The lowest BCUT2D eigenvalue weighted by atomic mass is 10.0. The monoisotopic (exact) mass is 313 g/mol. The topological polar surface area (TPSA) is 57.1 Å². The molecule has 0 unspecified atom stereocenters. The van der Waals surface area contributed by atoms with Crippen LogP contribution in [0.5, 0.6) is 5.75 Å².